The maximum Gasteiger partial charge on any atom is 0.231 e. The molecule has 0 radical (unpaired) electrons. The summed E-state index contributed by atoms with van der Waals surface area (Å²) in [6.07, 6.45) is -16.2. The third-order valence-corrected chi connectivity index (χ3v) is 5.37. The van der Waals surface area contributed by atoms with E-state index in [1.807, 2.05) is 0 Å². The molecule has 0 unspecified atom stereocenters. The van der Waals surface area contributed by atoms with Crippen molar-refractivity contribution in [3.8, 4) is 0 Å². The van der Waals surface area contributed by atoms with Crippen LogP contribution in [-0.2, 0) is 19.0 Å². The van der Waals surface area contributed by atoms with Gasteiger partial charge in [-0.2, -0.15) is 0 Å². The topological polar surface area (TPSA) is 210 Å². The molecule has 0 aromatic heterocycles. The SMILES string of the molecule is CC(=O)N(S)[C@]1(CO)O[C@H](O[C@H]2[C@H](O)[C@@H](O)[C@H](O)O[C@@H]2CO)[C@H](O)[C@@H](O)[C@H]1O. The molecule has 0 saturated carbocycles. The Kier molecular flexibility index (Phi) is 7.63. The van der Waals surface area contributed by atoms with Crippen molar-refractivity contribution >= 4 is 18.7 Å². The van der Waals surface area contributed by atoms with Crippen molar-refractivity contribution in [3.05, 3.63) is 0 Å². The van der Waals surface area contributed by atoms with Crippen molar-refractivity contribution in [3.63, 3.8) is 0 Å². The van der Waals surface area contributed by atoms with E-state index in [0.717, 1.165) is 6.92 Å². The monoisotopic (exact) mass is 431 g/mol. The number of amides is 1. The van der Waals surface area contributed by atoms with Crippen molar-refractivity contribution < 1.29 is 59.9 Å². The maximum absolute atomic E-state index is 11.7. The van der Waals surface area contributed by atoms with Crippen LogP contribution in [-0.4, -0.2) is 125 Å². The Labute approximate surface area is 164 Å². The zero-order valence-electron chi connectivity index (χ0n) is 14.7. The fraction of sp³-hybridized carbons (Fsp3) is 0.929. The number of hydrogen-bond acceptors (Lipinski definition) is 13. The number of carbonyl (C=O) groups is 1. The lowest BCUT2D eigenvalue weighted by Gasteiger charge is -2.51. The van der Waals surface area contributed by atoms with Crippen LogP contribution in [0.25, 0.3) is 0 Å². The van der Waals surface area contributed by atoms with Gasteiger partial charge in [0.2, 0.25) is 11.6 Å². The number of hydrogen-bond donors (Lipinski definition) is 9. The number of ether oxygens (including phenoxy) is 3. The van der Waals surface area contributed by atoms with Crippen molar-refractivity contribution in [2.24, 2.45) is 0 Å². The molecule has 0 aromatic carbocycles. The van der Waals surface area contributed by atoms with E-state index in [1.54, 1.807) is 0 Å². The van der Waals surface area contributed by atoms with Crippen molar-refractivity contribution in [1.29, 1.82) is 0 Å². The first kappa shape index (κ1) is 23.7. The van der Waals surface area contributed by atoms with E-state index in [1.165, 1.54) is 0 Å². The van der Waals surface area contributed by atoms with Crippen LogP contribution < -0.4 is 0 Å². The highest BCUT2D eigenvalue weighted by atomic mass is 32.1. The van der Waals surface area contributed by atoms with E-state index < -0.39 is 80.2 Å². The average Bonchev–Trinajstić information content (AvgIpc) is 2.67. The molecule has 28 heavy (non-hydrogen) atoms. The van der Waals surface area contributed by atoms with Crippen LogP contribution in [0.3, 0.4) is 0 Å². The lowest BCUT2D eigenvalue weighted by molar-refractivity contribution is -0.387. The van der Waals surface area contributed by atoms with Gasteiger partial charge in [-0.1, -0.05) is 12.8 Å². The van der Waals surface area contributed by atoms with Crippen molar-refractivity contribution in [2.45, 2.75) is 68.0 Å². The molecule has 10 atom stereocenters. The molecule has 0 spiro atoms. The molecule has 1 amide bonds. The fourth-order valence-electron chi connectivity index (χ4n) is 3.09. The zero-order valence-corrected chi connectivity index (χ0v) is 15.6. The van der Waals surface area contributed by atoms with Gasteiger partial charge in [0.1, 0.15) is 42.7 Å². The highest BCUT2D eigenvalue weighted by Crippen LogP contribution is 2.36. The summed E-state index contributed by atoms with van der Waals surface area (Å²) in [5.41, 5.74) is -2.33. The minimum Gasteiger partial charge on any atom is -0.394 e. The molecule has 13 nitrogen and oxygen atoms in total. The smallest absolute Gasteiger partial charge is 0.231 e. The van der Waals surface area contributed by atoms with E-state index >= 15 is 0 Å². The summed E-state index contributed by atoms with van der Waals surface area (Å²) in [7, 11) is 0. The van der Waals surface area contributed by atoms with E-state index in [-0.39, 0.29) is 0 Å². The summed E-state index contributed by atoms with van der Waals surface area (Å²) in [5.74, 6) is -0.786. The molecule has 2 saturated heterocycles. The summed E-state index contributed by atoms with van der Waals surface area (Å²) in [6, 6.07) is 0. The standard InChI is InChI=1S/C14H25NO12S/c1-4(18)15(28)14(3-17)11(23)7(20)9(22)13(27-14)26-10-5(2-16)25-12(24)8(21)6(10)19/h5-13,16-17,19-24,28H,2-3H2,1H3/t5-,6-,7-,8-,9-,10-,11-,12-,13+,14-/m1/s1. The fourth-order valence-corrected chi connectivity index (χ4v) is 3.32. The summed E-state index contributed by atoms with van der Waals surface area (Å²) >= 11 is 3.85. The van der Waals surface area contributed by atoms with Crippen molar-refractivity contribution in [1.82, 2.24) is 4.31 Å². The number of carbonyl (C=O) groups excluding carboxylic acids is 1. The Morgan fingerprint density at radius 2 is 1.68 bits per heavy atom. The molecule has 0 bridgehead atoms. The van der Waals surface area contributed by atoms with E-state index in [9.17, 15) is 45.6 Å². The normalized spacial score (nSPS) is 47.0. The summed E-state index contributed by atoms with van der Waals surface area (Å²) in [5, 5.41) is 79.1. The summed E-state index contributed by atoms with van der Waals surface area (Å²) in [6.45, 7) is -0.793. The van der Waals surface area contributed by atoms with Gasteiger partial charge in [-0.3, -0.25) is 9.10 Å². The lowest BCUT2D eigenvalue weighted by atomic mass is 9.93. The van der Waals surface area contributed by atoms with E-state index in [4.69, 9.17) is 14.2 Å². The Hall–Kier alpha value is -0.620. The Morgan fingerprint density at radius 3 is 2.18 bits per heavy atom. The Morgan fingerprint density at radius 1 is 1.07 bits per heavy atom. The van der Waals surface area contributed by atoms with Gasteiger partial charge in [-0.15, -0.1) is 0 Å². The second-order valence-electron chi connectivity index (χ2n) is 6.58. The quantitative estimate of drug-likeness (QED) is 0.187. The highest BCUT2D eigenvalue weighted by Gasteiger charge is 2.59. The highest BCUT2D eigenvalue weighted by molar-refractivity contribution is 7.78. The van der Waals surface area contributed by atoms with Gasteiger partial charge in [0.15, 0.2) is 12.6 Å². The molecule has 0 aromatic rings. The van der Waals surface area contributed by atoms with Gasteiger partial charge < -0.3 is 55.1 Å². The molecule has 2 rings (SSSR count). The molecule has 164 valence electrons. The molecule has 2 aliphatic heterocycles. The molecule has 2 fully saturated rings. The largest absolute Gasteiger partial charge is 0.394 e. The number of rotatable bonds is 5. The summed E-state index contributed by atoms with van der Waals surface area (Å²) in [4.78, 5) is 11.7. The van der Waals surface area contributed by atoms with Gasteiger partial charge in [-0.05, 0) is 0 Å². The van der Waals surface area contributed by atoms with Crippen LogP contribution >= 0.6 is 12.8 Å². The van der Waals surface area contributed by atoms with Crippen LogP contribution in [0.1, 0.15) is 6.92 Å². The minimum absolute atomic E-state index is 0.499. The predicted molar refractivity (Wildman–Crippen MR) is 89.1 cm³/mol. The van der Waals surface area contributed by atoms with E-state index in [2.05, 4.69) is 12.8 Å². The molecule has 0 aliphatic carbocycles. The maximum atomic E-state index is 11.7. The summed E-state index contributed by atoms with van der Waals surface area (Å²) < 4.78 is 16.1. The number of aliphatic hydroxyl groups excluding tert-OH is 8. The van der Waals surface area contributed by atoms with Gasteiger partial charge >= 0.3 is 0 Å². The zero-order chi connectivity index (χ0) is 21.4. The van der Waals surface area contributed by atoms with Gasteiger partial charge in [0.05, 0.1) is 13.2 Å². The Bertz CT molecular complexity index is 554. The number of nitrogens with zero attached hydrogens (tertiary/aromatic N) is 1. The van der Waals surface area contributed by atoms with Gasteiger partial charge in [0, 0.05) is 6.92 Å². The molecule has 8 N–H and O–H groups in total. The molecular weight excluding hydrogens is 406 g/mol. The third-order valence-electron chi connectivity index (χ3n) is 4.75. The molecule has 2 aliphatic rings. The van der Waals surface area contributed by atoms with Crippen LogP contribution in [0.4, 0.5) is 0 Å². The van der Waals surface area contributed by atoms with Crippen LogP contribution in [0, 0.1) is 0 Å². The van der Waals surface area contributed by atoms with Crippen LogP contribution in [0.15, 0.2) is 0 Å². The third kappa shape index (κ3) is 4.00. The Balaban J connectivity index is 2.31. The number of thiol groups is 1. The first-order valence-corrected chi connectivity index (χ1v) is 8.70. The first-order valence-electron chi connectivity index (χ1n) is 8.30. The molecule has 14 heteroatoms. The molecular formula is C14H25NO12S. The number of aliphatic hydroxyl groups is 8. The second kappa shape index (κ2) is 9.03. The second-order valence-corrected chi connectivity index (χ2v) is 6.98. The average molecular weight is 431 g/mol. The van der Waals surface area contributed by atoms with Gasteiger partial charge in [0.25, 0.3) is 0 Å². The van der Waals surface area contributed by atoms with Crippen molar-refractivity contribution in [2.75, 3.05) is 13.2 Å². The van der Waals surface area contributed by atoms with Gasteiger partial charge in [-0.25, -0.2) is 0 Å². The lowest BCUT2D eigenvalue weighted by Crippen LogP contribution is -2.72. The van der Waals surface area contributed by atoms with E-state index in [0.29, 0.717) is 4.31 Å². The van der Waals surface area contributed by atoms with Crippen LogP contribution in [0.5, 0.6) is 0 Å². The van der Waals surface area contributed by atoms with Crippen LogP contribution in [0.2, 0.25) is 0 Å². The molecule has 2 heterocycles. The minimum atomic E-state index is -2.33. The predicted octanol–water partition coefficient (Wildman–Crippen LogP) is -5.38. The first-order chi connectivity index (χ1) is 13.0.